The monoisotopic (exact) mass is 319 g/mol. The number of hydrogen-bond acceptors (Lipinski definition) is 4. The number of carbonyl (C=O) groups is 1. The van der Waals surface area contributed by atoms with Crippen molar-refractivity contribution in [3.05, 3.63) is 0 Å². The molecular weight excluding hydrogens is 290 g/mol. The molecule has 0 spiro atoms. The van der Waals surface area contributed by atoms with Gasteiger partial charge in [0.2, 0.25) is 15.9 Å². The van der Waals surface area contributed by atoms with Crippen molar-refractivity contribution in [2.45, 2.75) is 33.1 Å². The highest BCUT2D eigenvalue weighted by Gasteiger charge is 2.25. The summed E-state index contributed by atoms with van der Waals surface area (Å²) in [4.78, 5) is 13.7. The average molecular weight is 319 g/mol. The molecule has 1 aliphatic rings. The Hall–Kier alpha value is -0.660. The Morgan fingerprint density at radius 3 is 2.57 bits per heavy atom. The first-order valence-electron chi connectivity index (χ1n) is 7.82. The third kappa shape index (κ3) is 6.32. The number of sulfonamides is 1. The van der Waals surface area contributed by atoms with Gasteiger partial charge in [-0.2, -0.15) is 0 Å². The summed E-state index contributed by atoms with van der Waals surface area (Å²) in [6.07, 6.45) is 3.73. The van der Waals surface area contributed by atoms with Crippen LogP contribution in [0, 0.1) is 5.92 Å². The van der Waals surface area contributed by atoms with Gasteiger partial charge in [0.05, 0.1) is 6.26 Å². The van der Waals surface area contributed by atoms with Gasteiger partial charge in [-0.3, -0.25) is 4.79 Å². The van der Waals surface area contributed by atoms with Crippen LogP contribution in [0.15, 0.2) is 0 Å². The van der Waals surface area contributed by atoms with Crippen molar-refractivity contribution < 1.29 is 13.2 Å². The molecule has 1 fully saturated rings. The van der Waals surface area contributed by atoms with Crippen molar-refractivity contribution in [1.82, 2.24) is 14.5 Å². The van der Waals surface area contributed by atoms with Gasteiger partial charge in [0.15, 0.2) is 0 Å². The molecule has 0 saturated carbocycles. The number of nitrogens with zero attached hydrogens (tertiary/aromatic N) is 2. The highest BCUT2D eigenvalue weighted by atomic mass is 32.2. The number of carbonyl (C=O) groups excluding carboxylic acids is 1. The zero-order valence-electron chi connectivity index (χ0n) is 13.5. The minimum absolute atomic E-state index is 0.175. The first kappa shape index (κ1) is 18.4. The zero-order chi connectivity index (χ0) is 15.9. The molecule has 1 unspecified atom stereocenters. The fourth-order valence-electron chi connectivity index (χ4n) is 2.73. The zero-order valence-corrected chi connectivity index (χ0v) is 14.3. The van der Waals surface area contributed by atoms with Gasteiger partial charge in [-0.05, 0) is 39.2 Å². The fraction of sp³-hybridized carbons (Fsp3) is 0.929. The van der Waals surface area contributed by atoms with Crippen molar-refractivity contribution in [1.29, 1.82) is 0 Å². The summed E-state index contributed by atoms with van der Waals surface area (Å²) in [5.41, 5.74) is 0. The molecule has 1 saturated heterocycles. The van der Waals surface area contributed by atoms with Crippen LogP contribution in [-0.4, -0.2) is 69.1 Å². The summed E-state index contributed by atoms with van der Waals surface area (Å²) >= 11 is 0. The average Bonchev–Trinajstić information content (AvgIpc) is 2.44. The molecule has 1 aliphatic heterocycles. The number of rotatable bonds is 8. The first-order valence-corrected chi connectivity index (χ1v) is 9.66. The minimum atomic E-state index is -3.08. The topological polar surface area (TPSA) is 69.7 Å². The van der Waals surface area contributed by atoms with Crippen LogP contribution in [0.5, 0.6) is 0 Å². The van der Waals surface area contributed by atoms with Crippen LogP contribution in [0.1, 0.15) is 33.1 Å². The van der Waals surface area contributed by atoms with Crippen molar-refractivity contribution >= 4 is 15.9 Å². The molecule has 7 heteroatoms. The quantitative estimate of drug-likeness (QED) is 0.662. The van der Waals surface area contributed by atoms with Crippen LogP contribution >= 0.6 is 0 Å². The molecule has 1 rings (SSSR count). The second kappa shape index (κ2) is 8.70. The lowest BCUT2D eigenvalue weighted by Gasteiger charge is -2.31. The van der Waals surface area contributed by atoms with E-state index in [1.165, 1.54) is 6.26 Å². The van der Waals surface area contributed by atoms with Gasteiger partial charge < -0.3 is 10.2 Å². The highest BCUT2D eigenvalue weighted by molar-refractivity contribution is 7.88. The second-order valence-electron chi connectivity index (χ2n) is 5.65. The van der Waals surface area contributed by atoms with Crippen LogP contribution in [-0.2, 0) is 14.8 Å². The number of amides is 1. The van der Waals surface area contributed by atoms with Crippen LogP contribution in [0.25, 0.3) is 0 Å². The maximum absolute atomic E-state index is 11.8. The van der Waals surface area contributed by atoms with E-state index in [1.807, 2.05) is 18.7 Å². The van der Waals surface area contributed by atoms with E-state index in [0.29, 0.717) is 32.0 Å². The molecule has 1 amide bonds. The number of hydrogen-bond donors (Lipinski definition) is 1. The maximum atomic E-state index is 11.8. The molecule has 21 heavy (non-hydrogen) atoms. The molecule has 0 aliphatic carbocycles. The number of nitrogens with one attached hydrogen (secondary N) is 1. The molecule has 0 bridgehead atoms. The van der Waals surface area contributed by atoms with Gasteiger partial charge in [0, 0.05) is 39.1 Å². The Labute approximate surface area is 128 Å². The van der Waals surface area contributed by atoms with E-state index in [0.717, 1.165) is 32.5 Å². The van der Waals surface area contributed by atoms with E-state index in [-0.39, 0.29) is 5.91 Å². The van der Waals surface area contributed by atoms with Gasteiger partial charge in [-0.1, -0.05) is 0 Å². The number of piperidine rings is 1. The molecule has 1 atom stereocenters. The molecule has 0 aromatic heterocycles. The van der Waals surface area contributed by atoms with Crippen LogP contribution < -0.4 is 5.32 Å². The smallest absolute Gasteiger partial charge is 0.223 e. The Balaban J connectivity index is 2.25. The molecule has 1 heterocycles. The van der Waals surface area contributed by atoms with Gasteiger partial charge in [0.25, 0.3) is 0 Å². The molecule has 1 N–H and O–H groups in total. The summed E-state index contributed by atoms with van der Waals surface area (Å²) in [5.74, 6) is 0.519. The second-order valence-corrected chi connectivity index (χ2v) is 7.63. The Kier molecular flexibility index (Phi) is 7.62. The van der Waals surface area contributed by atoms with E-state index >= 15 is 0 Å². The summed E-state index contributed by atoms with van der Waals surface area (Å²) < 4.78 is 24.7. The minimum Gasteiger partial charge on any atom is -0.343 e. The van der Waals surface area contributed by atoms with E-state index < -0.39 is 10.0 Å². The normalized spacial score (nSPS) is 20.4. The lowest BCUT2D eigenvalue weighted by molar-refractivity contribution is -0.130. The summed E-state index contributed by atoms with van der Waals surface area (Å²) in [6, 6.07) is 0. The van der Waals surface area contributed by atoms with Crippen LogP contribution in [0.2, 0.25) is 0 Å². The van der Waals surface area contributed by atoms with Gasteiger partial charge in [-0.15, -0.1) is 0 Å². The van der Waals surface area contributed by atoms with Crippen LogP contribution in [0.4, 0.5) is 0 Å². The Morgan fingerprint density at radius 2 is 2.00 bits per heavy atom. The molecule has 0 aromatic rings. The highest BCUT2D eigenvalue weighted by Crippen LogP contribution is 2.17. The lowest BCUT2D eigenvalue weighted by Crippen LogP contribution is -2.42. The third-order valence-electron chi connectivity index (χ3n) is 4.02. The van der Waals surface area contributed by atoms with Gasteiger partial charge in [-0.25, -0.2) is 12.7 Å². The van der Waals surface area contributed by atoms with E-state index in [1.54, 1.807) is 4.31 Å². The summed E-state index contributed by atoms with van der Waals surface area (Å²) in [5, 5.41) is 3.29. The van der Waals surface area contributed by atoms with Crippen molar-refractivity contribution in [3.8, 4) is 0 Å². The summed E-state index contributed by atoms with van der Waals surface area (Å²) in [7, 11) is -3.08. The van der Waals surface area contributed by atoms with Crippen molar-refractivity contribution in [3.63, 3.8) is 0 Å². The van der Waals surface area contributed by atoms with E-state index in [4.69, 9.17) is 0 Å². The van der Waals surface area contributed by atoms with Crippen LogP contribution in [0.3, 0.4) is 0 Å². The molecule has 124 valence electrons. The molecule has 0 aromatic carbocycles. The SMILES string of the molecule is CCN(CC)C(=O)CCNCC1CCCN(S(C)(=O)=O)C1. The maximum Gasteiger partial charge on any atom is 0.223 e. The van der Waals surface area contributed by atoms with E-state index in [9.17, 15) is 13.2 Å². The standard InChI is InChI=1S/C14H29N3O3S/c1-4-16(5-2)14(18)8-9-15-11-13-7-6-10-17(12-13)21(3,19)20/h13,15H,4-12H2,1-3H3. The van der Waals surface area contributed by atoms with Crippen molar-refractivity contribution in [2.75, 3.05) is 45.5 Å². The third-order valence-corrected chi connectivity index (χ3v) is 5.29. The predicted molar refractivity (Wildman–Crippen MR) is 84.6 cm³/mol. The fourth-order valence-corrected chi connectivity index (χ4v) is 3.67. The first-order chi connectivity index (χ1) is 9.88. The lowest BCUT2D eigenvalue weighted by atomic mass is 10.00. The van der Waals surface area contributed by atoms with Crippen molar-refractivity contribution in [2.24, 2.45) is 5.92 Å². The van der Waals surface area contributed by atoms with Gasteiger partial charge in [0.1, 0.15) is 0 Å². The molecular formula is C14H29N3O3S. The Morgan fingerprint density at radius 1 is 1.33 bits per heavy atom. The Bertz CT molecular complexity index is 421. The van der Waals surface area contributed by atoms with Gasteiger partial charge >= 0.3 is 0 Å². The molecule has 0 radical (unpaired) electrons. The molecule has 6 nitrogen and oxygen atoms in total. The predicted octanol–water partition coefficient (Wildman–Crippen LogP) is 0.506. The largest absolute Gasteiger partial charge is 0.343 e. The van der Waals surface area contributed by atoms with E-state index in [2.05, 4.69) is 5.32 Å². The summed E-state index contributed by atoms with van der Waals surface area (Å²) in [6.45, 7) is 8.13.